The lowest BCUT2D eigenvalue weighted by atomic mass is 9.97. The molecule has 1 N–H and O–H groups in total. The summed E-state index contributed by atoms with van der Waals surface area (Å²) in [7, 11) is 0. The van der Waals surface area contributed by atoms with Crippen LogP contribution in [-0.4, -0.2) is 21.8 Å². The van der Waals surface area contributed by atoms with Crippen LogP contribution >= 0.6 is 23.4 Å². The molecule has 0 radical (unpaired) electrons. The lowest BCUT2D eigenvalue weighted by molar-refractivity contribution is -0.127. The Balaban J connectivity index is 1.42. The van der Waals surface area contributed by atoms with Crippen LogP contribution in [-0.2, 0) is 4.79 Å². The molecule has 0 saturated carbocycles. The molecule has 0 aromatic heterocycles. The van der Waals surface area contributed by atoms with Crippen molar-refractivity contribution in [3.05, 3.63) is 105 Å². The second-order valence-electron chi connectivity index (χ2n) is 7.82. The smallest absolute Gasteiger partial charge is 0.336 e. The van der Waals surface area contributed by atoms with E-state index in [1.165, 1.54) is 11.8 Å². The van der Waals surface area contributed by atoms with E-state index in [-0.39, 0.29) is 11.9 Å². The first-order valence-corrected chi connectivity index (χ1v) is 11.5. The number of hydrogen-bond donors (Lipinski definition) is 1. The number of amides is 1. The molecule has 1 spiro atoms. The summed E-state index contributed by atoms with van der Waals surface area (Å²) < 4.78 is 6.42. The van der Waals surface area contributed by atoms with Crippen molar-refractivity contribution in [3.63, 3.8) is 0 Å². The molecule has 3 aromatic rings. The van der Waals surface area contributed by atoms with Gasteiger partial charge in [0.05, 0.1) is 16.7 Å². The standard InChI is InChI=1S/C25H18ClN3O2S/c26-18-12-10-16(11-13-18)14-23-24(30)27-25(32-23)29-21(19-8-4-5-9-22(19)31-25)15-20(28-29)17-6-2-1-3-7-17/h1-14,21H,15H2,(H,27,30)/b23-14-/t21-,25+/m0/s1. The van der Waals surface area contributed by atoms with E-state index in [0.29, 0.717) is 9.93 Å². The van der Waals surface area contributed by atoms with Gasteiger partial charge in [-0.15, -0.1) is 0 Å². The Kier molecular flexibility index (Phi) is 4.52. The van der Waals surface area contributed by atoms with Crippen LogP contribution < -0.4 is 10.1 Å². The first kappa shape index (κ1) is 19.5. The summed E-state index contributed by atoms with van der Waals surface area (Å²) >= 11 is 7.34. The maximum Gasteiger partial charge on any atom is 0.336 e. The summed E-state index contributed by atoms with van der Waals surface area (Å²) in [5, 5.41) is 9.43. The molecule has 6 rings (SSSR count). The van der Waals surface area contributed by atoms with E-state index < -0.39 is 5.18 Å². The largest absolute Gasteiger partial charge is 0.439 e. The average Bonchev–Trinajstić information content (AvgIpc) is 3.39. The highest BCUT2D eigenvalue weighted by Crippen LogP contribution is 2.53. The Morgan fingerprint density at radius 3 is 2.62 bits per heavy atom. The Labute approximate surface area is 194 Å². The third-order valence-corrected chi connectivity index (χ3v) is 7.18. The van der Waals surface area contributed by atoms with Gasteiger partial charge in [-0.1, -0.05) is 72.3 Å². The summed E-state index contributed by atoms with van der Waals surface area (Å²) in [4.78, 5) is 13.6. The van der Waals surface area contributed by atoms with Gasteiger partial charge in [-0.05, 0) is 47.2 Å². The number of para-hydroxylation sites is 1. The first-order chi connectivity index (χ1) is 15.6. The maximum absolute atomic E-state index is 13.0. The van der Waals surface area contributed by atoms with Gasteiger partial charge < -0.3 is 4.74 Å². The van der Waals surface area contributed by atoms with Crippen LogP contribution in [0.5, 0.6) is 5.75 Å². The zero-order valence-electron chi connectivity index (χ0n) is 16.9. The third kappa shape index (κ3) is 3.18. The number of halogens is 1. The van der Waals surface area contributed by atoms with Crippen LogP contribution in [0.4, 0.5) is 0 Å². The lowest BCUT2D eigenvalue weighted by Crippen LogP contribution is -2.58. The minimum absolute atomic E-state index is 0.0298. The fraction of sp³-hybridized carbons (Fsp3) is 0.120. The van der Waals surface area contributed by atoms with Gasteiger partial charge in [-0.3, -0.25) is 10.1 Å². The van der Waals surface area contributed by atoms with Crippen LogP contribution in [0.15, 0.2) is 88.9 Å². The molecule has 1 saturated heterocycles. The molecular formula is C25H18ClN3O2S. The highest BCUT2D eigenvalue weighted by atomic mass is 35.5. The van der Waals surface area contributed by atoms with Crippen LogP contribution in [0.2, 0.25) is 5.02 Å². The van der Waals surface area contributed by atoms with Crippen LogP contribution in [0.3, 0.4) is 0 Å². The highest BCUT2D eigenvalue weighted by Gasteiger charge is 2.57. The van der Waals surface area contributed by atoms with Crippen molar-refractivity contribution in [3.8, 4) is 5.75 Å². The van der Waals surface area contributed by atoms with Gasteiger partial charge in [0.2, 0.25) is 0 Å². The minimum Gasteiger partial charge on any atom is -0.439 e. The summed E-state index contributed by atoms with van der Waals surface area (Å²) in [6.45, 7) is 0. The predicted molar refractivity (Wildman–Crippen MR) is 127 cm³/mol. The Hall–Kier alpha value is -3.22. The fourth-order valence-corrected chi connectivity index (χ4v) is 5.55. The second kappa shape index (κ2) is 7.43. The van der Waals surface area contributed by atoms with Gasteiger partial charge in [0.1, 0.15) is 5.75 Å². The van der Waals surface area contributed by atoms with Crippen molar-refractivity contribution >= 4 is 41.1 Å². The molecular weight excluding hydrogens is 442 g/mol. The lowest BCUT2D eigenvalue weighted by Gasteiger charge is -2.43. The van der Waals surface area contributed by atoms with E-state index >= 15 is 0 Å². The number of carbonyl (C=O) groups is 1. The summed E-state index contributed by atoms with van der Waals surface area (Å²) in [6.07, 6.45) is 2.58. The van der Waals surface area contributed by atoms with Crippen LogP contribution in [0, 0.1) is 0 Å². The molecule has 7 heteroatoms. The normalized spacial score (nSPS) is 24.7. The predicted octanol–water partition coefficient (Wildman–Crippen LogP) is 5.40. The van der Waals surface area contributed by atoms with Crippen LogP contribution in [0.1, 0.15) is 29.2 Å². The van der Waals surface area contributed by atoms with E-state index in [9.17, 15) is 4.79 Å². The van der Waals surface area contributed by atoms with E-state index in [1.54, 1.807) is 0 Å². The number of fused-ring (bicyclic) bond motifs is 4. The number of hydrazone groups is 1. The topological polar surface area (TPSA) is 53.9 Å². The zero-order chi connectivity index (χ0) is 21.7. The van der Waals surface area contributed by atoms with Crippen molar-refractivity contribution in [2.24, 2.45) is 5.10 Å². The molecule has 3 aliphatic heterocycles. The molecule has 3 aliphatic rings. The molecule has 2 atom stereocenters. The molecule has 1 amide bonds. The van der Waals surface area contributed by atoms with Crippen LogP contribution in [0.25, 0.3) is 6.08 Å². The molecule has 3 heterocycles. The number of hydrogen-bond acceptors (Lipinski definition) is 5. The number of benzene rings is 3. The number of nitrogens with zero attached hydrogens (tertiary/aromatic N) is 2. The quantitative estimate of drug-likeness (QED) is 0.521. The molecule has 3 aromatic carbocycles. The molecule has 1 fully saturated rings. The van der Waals surface area contributed by atoms with Gasteiger partial charge in [0, 0.05) is 17.0 Å². The Bertz CT molecular complexity index is 1280. The van der Waals surface area contributed by atoms with Crippen molar-refractivity contribution in [2.45, 2.75) is 17.6 Å². The fourth-order valence-electron chi connectivity index (χ4n) is 4.26. The van der Waals surface area contributed by atoms with Gasteiger partial charge in [0.25, 0.3) is 5.91 Å². The highest BCUT2D eigenvalue weighted by molar-refractivity contribution is 8.05. The summed E-state index contributed by atoms with van der Waals surface area (Å²) in [6, 6.07) is 25.4. The van der Waals surface area contributed by atoms with Gasteiger partial charge in [0.15, 0.2) is 0 Å². The molecule has 0 bridgehead atoms. The second-order valence-corrected chi connectivity index (χ2v) is 9.45. The molecule has 32 heavy (non-hydrogen) atoms. The van der Waals surface area contributed by atoms with E-state index in [4.69, 9.17) is 21.4 Å². The van der Waals surface area contributed by atoms with Crippen molar-refractivity contribution in [2.75, 3.05) is 0 Å². The van der Waals surface area contributed by atoms with Gasteiger partial charge >= 0.3 is 5.18 Å². The summed E-state index contributed by atoms with van der Waals surface area (Å²) in [5.41, 5.74) is 4.01. The minimum atomic E-state index is -1.13. The molecule has 0 unspecified atom stereocenters. The molecule has 158 valence electrons. The van der Waals surface area contributed by atoms with E-state index in [1.807, 2.05) is 71.7 Å². The maximum atomic E-state index is 13.0. The Morgan fingerprint density at radius 2 is 1.81 bits per heavy atom. The van der Waals surface area contributed by atoms with E-state index in [2.05, 4.69) is 23.5 Å². The monoisotopic (exact) mass is 459 g/mol. The van der Waals surface area contributed by atoms with Gasteiger partial charge in [-0.2, -0.15) is 5.10 Å². The zero-order valence-corrected chi connectivity index (χ0v) is 18.4. The number of thioether (sulfide) groups is 1. The third-order valence-electron chi connectivity index (χ3n) is 5.76. The first-order valence-electron chi connectivity index (χ1n) is 10.3. The number of nitrogens with one attached hydrogen (secondary N) is 1. The van der Waals surface area contributed by atoms with Crippen molar-refractivity contribution < 1.29 is 9.53 Å². The summed E-state index contributed by atoms with van der Waals surface area (Å²) in [5.74, 6) is 0.574. The Morgan fingerprint density at radius 1 is 1.06 bits per heavy atom. The van der Waals surface area contributed by atoms with E-state index in [0.717, 1.165) is 34.6 Å². The number of carbonyl (C=O) groups excluding carboxylic acids is 1. The van der Waals surface area contributed by atoms with Crippen molar-refractivity contribution in [1.29, 1.82) is 0 Å². The molecule has 0 aliphatic carbocycles. The number of ether oxygens (including phenoxy) is 1. The SMILES string of the molecule is O=C1N[C@@]2(Oc3ccccc3[C@@H]3CC(c4ccccc4)=NN32)S/C1=C\c1ccc(Cl)cc1. The van der Waals surface area contributed by atoms with Gasteiger partial charge in [-0.25, -0.2) is 5.01 Å². The number of rotatable bonds is 2. The average molecular weight is 460 g/mol. The van der Waals surface area contributed by atoms with Crippen molar-refractivity contribution in [1.82, 2.24) is 10.3 Å². The molecule has 5 nitrogen and oxygen atoms in total.